The predicted octanol–water partition coefficient (Wildman–Crippen LogP) is 3.06. The van der Waals surface area contributed by atoms with Crippen LogP contribution in [0.25, 0.3) is 0 Å². The van der Waals surface area contributed by atoms with Gasteiger partial charge in [-0.25, -0.2) is 0 Å². The number of likely N-dealkylation sites (N-methyl/N-ethyl adjacent to an activating group) is 1. The number of hydrogen-bond donors (Lipinski definition) is 1. The minimum absolute atomic E-state index is 0.742. The zero-order chi connectivity index (χ0) is 15.7. The van der Waals surface area contributed by atoms with Crippen molar-refractivity contribution in [2.75, 3.05) is 46.8 Å². The second-order valence-electron chi connectivity index (χ2n) is 7.52. The topological polar surface area (TPSA) is 18.5 Å². The van der Waals surface area contributed by atoms with Crippen LogP contribution in [0.3, 0.4) is 0 Å². The van der Waals surface area contributed by atoms with E-state index in [-0.39, 0.29) is 0 Å². The van der Waals surface area contributed by atoms with Crippen LogP contribution in [0, 0.1) is 11.8 Å². The van der Waals surface area contributed by atoms with E-state index >= 15 is 0 Å². The first-order valence-corrected chi connectivity index (χ1v) is 9.13. The van der Waals surface area contributed by atoms with E-state index in [4.69, 9.17) is 0 Å². The van der Waals surface area contributed by atoms with Crippen LogP contribution in [-0.4, -0.2) is 62.7 Å². The molecule has 3 heteroatoms. The van der Waals surface area contributed by atoms with Crippen molar-refractivity contribution in [3.63, 3.8) is 0 Å². The number of hydrogen-bond acceptors (Lipinski definition) is 3. The molecule has 21 heavy (non-hydrogen) atoms. The van der Waals surface area contributed by atoms with Crippen molar-refractivity contribution in [2.45, 2.75) is 58.9 Å². The minimum Gasteiger partial charge on any atom is -0.314 e. The Morgan fingerprint density at radius 1 is 1.05 bits per heavy atom. The molecule has 0 saturated heterocycles. The lowest BCUT2D eigenvalue weighted by atomic mass is 9.93. The Hall–Kier alpha value is -0.120. The minimum atomic E-state index is 0.742. The average Bonchev–Trinajstić information content (AvgIpc) is 2.62. The van der Waals surface area contributed by atoms with Gasteiger partial charge in [0.05, 0.1) is 0 Å². The smallest absolute Gasteiger partial charge is 0.0109 e. The summed E-state index contributed by atoms with van der Waals surface area (Å²) < 4.78 is 0. The molecule has 1 rings (SSSR count). The van der Waals surface area contributed by atoms with Crippen LogP contribution in [-0.2, 0) is 0 Å². The maximum atomic E-state index is 3.76. The summed E-state index contributed by atoms with van der Waals surface area (Å²) in [7, 11) is 4.36. The van der Waals surface area contributed by atoms with Crippen LogP contribution >= 0.6 is 0 Å². The first kappa shape index (κ1) is 18.9. The molecule has 0 aromatic carbocycles. The molecule has 0 heterocycles. The molecule has 2 unspecified atom stereocenters. The number of nitrogens with one attached hydrogen (secondary N) is 1. The maximum absolute atomic E-state index is 3.76. The fourth-order valence-electron chi connectivity index (χ4n) is 3.58. The third kappa shape index (κ3) is 8.18. The van der Waals surface area contributed by atoms with Gasteiger partial charge in [0.2, 0.25) is 0 Å². The molecule has 0 spiro atoms. The molecular formula is C18H39N3. The van der Waals surface area contributed by atoms with E-state index in [0.717, 1.165) is 24.4 Å². The number of rotatable bonds is 9. The summed E-state index contributed by atoms with van der Waals surface area (Å²) in [4.78, 5) is 5.02. The van der Waals surface area contributed by atoms with Gasteiger partial charge in [-0.05, 0) is 45.3 Å². The molecule has 1 N–H and O–H groups in total. The molecule has 2 atom stereocenters. The monoisotopic (exact) mass is 297 g/mol. The largest absolute Gasteiger partial charge is 0.314 e. The van der Waals surface area contributed by atoms with E-state index in [0.29, 0.717) is 0 Å². The number of nitrogens with zero attached hydrogens (tertiary/aromatic N) is 2. The predicted molar refractivity (Wildman–Crippen MR) is 93.9 cm³/mol. The van der Waals surface area contributed by atoms with E-state index in [1.54, 1.807) is 0 Å². The third-order valence-corrected chi connectivity index (χ3v) is 4.60. The van der Waals surface area contributed by atoms with Gasteiger partial charge < -0.3 is 15.1 Å². The van der Waals surface area contributed by atoms with Gasteiger partial charge in [0.15, 0.2) is 0 Å². The lowest BCUT2D eigenvalue weighted by Crippen LogP contribution is -2.44. The molecule has 1 aliphatic rings. The first-order chi connectivity index (χ1) is 10.0. The van der Waals surface area contributed by atoms with E-state index in [1.807, 2.05) is 0 Å². The highest BCUT2D eigenvalue weighted by atomic mass is 15.2. The zero-order valence-corrected chi connectivity index (χ0v) is 15.2. The van der Waals surface area contributed by atoms with Crippen LogP contribution in [0.1, 0.15) is 52.9 Å². The standard InChI is InChI=1S/C18H39N3/c1-6-19-18-11-9-7-8-10-17(18)15-21(14-16(2)3)13-12-20(4)5/h16-19H,6-15H2,1-5H3. The molecule has 0 bridgehead atoms. The molecular weight excluding hydrogens is 258 g/mol. The van der Waals surface area contributed by atoms with Gasteiger partial charge in [-0.2, -0.15) is 0 Å². The van der Waals surface area contributed by atoms with Gasteiger partial charge in [-0.3, -0.25) is 0 Å². The van der Waals surface area contributed by atoms with Crippen LogP contribution < -0.4 is 5.32 Å². The van der Waals surface area contributed by atoms with E-state index in [1.165, 1.54) is 58.3 Å². The van der Waals surface area contributed by atoms with Crippen molar-refractivity contribution in [2.24, 2.45) is 11.8 Å². The van der Waals surface area contributed by atoms with Crippen molar-refractivity contribution < 1.29 is 0 Å². The van der Waals surface area contributed by atoms with Gasteiger partial charge in [-0.15, -0.1) is 0 Å². The molecule has 126 valence electrons. The lowest BCUT2D eigenvalue weighted by molar-refractivity contribution is 0.166. The Morgan fingerprint density at radius 2 is 1.76 bits per heavy atom. The molecule has 0 radical (unpaired) electrons. The molecule has 1 saturated carbocycles. The molecule has 3 nitrogen and oxygen atoms in total. The van der Waals surface area contributed by atoms with Gasteiger partial charge in [0.1, 0.15) is 0 Å². The SMILES string of the molecule is CCNC1CCCCCC1CN(CCN(C)C)CC(C)C. The Morgan fingerprint density at radius 3 is 2.38 bits per heavy atom. The van der Waals surface area contributed by atoms with Crippen molar-refractivity contribution in [3.05, 3.63) is 0 Å². The fraction of sp³-hybridized carbons (Fsp3) is 1.00. The fourth-order valence-corrected chi connectivity index (χ4v) is 3.58. The summed E-state index contributed by atoms with van der Waals surface area (Å²) in [6.45, 7) is 13.0. The summed E-state index contributed by atoms with van der Waals surface area (Å²) in [6.07, 6.45) is 7.06. The van der Waals surface area contributed by atoms with Gasteiger partial charge in [-0.1, -0.05) is 40.0 Å². The first-order valence-electron chi connectivity index (χ1n) is 9.13. The third-order valence-electron chi connectivity index (χ3n) is 4.60. The summed E-state index contributed by atoms with van der Waals surface area (Å²) in [5, 5.41) is 3.76. The Balaban J connectivity index is 2.58. The molecule has 0 aliphatic heterocycles. The second kappa shape index (κ2) is 10.6. The Kier molecular flexibility index (Phi) is 9.54. The Labute approximate surface area is 133 Å². The maximum Gasteiger partial charge on any atom is 0.0109 e. The van der Waals surface area contributed by atoms with Gasteiger partial charge in [0, 0.05) is 32.2 Å². The van der Waals surface area contributed by atoms with Crippen molar-refractivity contribution in [3.8, 4) is 0 Å². The summed E-state index contributed by atoms with van der Waals surface area (Å²) >= 11 is 0. The van der Waals surface area contributed by atoms with E-state index < -0.39 is 0 Å². The molecule has 1 aliphatic carbocycles. The molecule has 0 amide bonds. The van der Waals surface area contributed by atoms with Gasteiger partial charge >= 0.3 is 0 Å². The van der Waals surface area contributed by atoms with E-state index in [2.05, 4.69) is 50.0 Å². The van der Waals surface area contributed by atoms with Gasteiger partial charge in [0.25, 0.3) is 0 Å². The highest BCUT2D eigenvalue weighted by Gasteiger charge is 2.25. The van der Waals surface area contributed by atoms with E-state index in [9.17, 15) is 0 Å². The lowest BCUT2D eigenvalue weighted by Gasteiger charge is -2.33. The van der Waals surface area contributed by atoms with Crippen molar-refractivity contribution >= 4 is 0 Å². The molecule has 0 aromatic heterocycles. The van der Waals surface area contributed by atoms with Crippen LogP contribution in [0.15, 0.2) is 0 Å². The highest BCUT2D eigenvalue weighted by molar-refractivity contribution is 4.82. The second-order valence-corrected chi connectivity index (χ2v) is 7.52. The molecule has 1 fully saturated rings. The Bertz CT molecular complexity index is 253. The summed E-state index contributed by atoms with van der Waals surface area (Å²) in [5.74, 6) is 1.60. The van der Waals surface area contributed by atoms with Crippen molar-refractivity contribution in [1.29, 1.82) is 0 Å². The van der Waals surface area contributed by atoms with Crippen LogP contribution in [0.4, 0.5) is 0 Å². The van der Waals surface area contributed by atoms with Crippen LogP contribution in [0.2, 0.25) is 0 Å². The average molecular weight is 298 g/mol. The normalized spacial score (nSPS) is 24.0. The van der Waals surface area contributed by atoms with Crippen LogP contribution in [0.5, 0.6) is 0 Å². The molecule has 0 aromatic rings. The highest BCUT2D eigenvalue weighted by Crippen LogP contribution is 2.24. The summed E-state index contributed by atoms with van der Waals surface area (Å²) in [5.41, 5.74) is 0. The summed E-state index contributed by atoms with van der Waals surface area (Å²) in [6, 6.07) is 0.742. The quantitative estimate of drug-likeness (QED) is 0.660. The zero-order valence-electron chi connectivity index (χ0n) is 15.2. The van der Waals surface area contributed by atoms with Crippen molar-refractivity contribution in [1.82, 2.24) is 15.1 Å².